The van der Waals surface area contributed by atoms with Gasteiger partial charge in [0.1, 0.15) is 11.3 Å². The molecule has 0 spiro atoms. The SMILES string of the molecule is CS(=O)(=O)N(c1ccccc1)c1cncc2nc(Oc3ccccc3)nc(O)c12. The van der Waals surface area contributed by atoms with Gasteiger partial charge >= 0.3 is 6.01 Å². The molecule has 0 bridgehead atoms. The van der Waals surface area contributed by atoms with Gasteiger partial charge in [0.15, 0.2) is 0 Å². The summed E-state index contributed by atoms with van der Waals surface area (Å²) in [7, 11) is -3.74. The lowest BCUT2D eigenvalue weighted by Crippen LogP contribution is -2.25. The number of pyridine rings is 1. The summed E-state index contributed by atoms with van der Waals surface area (Å²) in [4.78, 5) is 12.4. The van der Waals surface area contributed by atoms with Crippen LogP contribution in [0.1, 0.15) is 0 Å². The second kappa shape index (κ2) is 7.36. The Morgan fingerprint density at radius 3 is 2.24 bits per heavy atom. The van der Waals surface area contributed by atoms with Crippen molar-refractivity contribution in [2.75, 3.05) is 10.6 Å². The molecule has 146 valence electrons. The highest BCUT2D eigenvalue weighted by Gasteiger charge is 2.25. The lowest BCUT2D eigenvalue weighted by Gasteiger charge is -2.23. The molecule has 4 rings (SSSR count). The second-order valence-electron chi connectivity index (χ2n) is 6.16. The standard InChI is InChI=1S/C20H16N4O4S/c1-29(26,27)24(14-8-4-2-5-9-14)17-13-21-12-16-18(17)19(25)23-20(22-16)28-15-10-6-3-7-11-15/h2-13H,1H3,(H,22,23,25). The molecule has 0 aliphatic heterocycles. The van der Waals surface area contributed by atoms with Crippen LogP contribution in [0, 0.1) is 0 Å². The molecule has 0 saturated carbocycles. The van der Waals surface area contributed by atoms with Crippen molar-refractivity contribution in [1.29, 1.82) is 0 Å². The lowest BCUT2D eigenvalue weighted by molar-refractivity contribution is 0.412. The Hall–Kier alpha value is -3.72. The van der Waals surface area contributed by atoms with Gasteiger partial charge in [-0.2, -0.15) is 9.97 Å². The van der Waals surface area contributed by atoms with Crippen molar-refractivity contribution in [3.05, 3.63) is 73.1 Å². The maximum absolute atomic E-state index is 12.5. The number of anilines is 2. The smallest absolute Gasteiger partial charge is 0.325 e. The van der Waals surface area contributed by atoms with Crippen LogP contribution < -0.4 is 9.04 Å². The first-order chi connectivity index (χ1) is 13.9. The van der Waals surface area contributed by atoms with E-state index in [0.717, 1.165) is 10.6 Å². The van der Waals surface area contributed by atoms with Crippen LogP contribution in [0.25, 0.3) is 10.9 Å². The third-order valence-electron chi connectivity index (χ3n) is 4.04. The number of aromatic nitrogens is 3. The molecule has 0 aliphatic carbocycles. The molecule has 29 heavy (non-hydrogen) atoms. The van der Waals surface area contributed by atoms with E-state index < -0.39 is 15.9 Å². The molecular formula is C20H16N4O4S. The van der Waals surface area contributed by atoms with Crippen molar-refractivity contribution in [3.63, 3.8) is 0 Å². The van der Waals surface area contributed by atoms with Crippen LogP contribution in [0.2, 0.25) is 0 Å². The molecule has 4 aromatic rings. The molecule has 8 nitrogen and oxygen atoms in total. The van der Waals surface area contributed by atoms with Crippen LogP contribution in [0.4, 0.5) is 11.4 Å². The molecule has 0 saturated heterocycles. The number of hydrogen-bond acceptors (Lipinski definition) is 7. The number of nitrogens with zero attached hydrogens (tertiary/aromatic N) is 4. The van der Waals surface area contributed by atoms with Gasteiger partial charge in [0.05, 0.1) is 35.4 Å². The van der Waals surface area contributed by atoms with Gasteiger partial charge in [0, 0.05) is 0 Å². The Kier molecular flexibility index (Phi) is 4.73. The van der Waals surface area contributed by atoms with Gasteiger partial charge in [0.2, 0.25) is 15.9 Å². The fourth-order valence-corrected chi connectivity index (χ4v) is 3.89. The van der Waals surface area contributed by atoms with Crippen molar-refractivity contribution >= 4 is 32.3 Å². The van der Waals surface area contributed by atoms with Crippen LogP contribution >= 0.6 is 0 Å². The summed E-state index contributed by atoms with van der Waals surface area (Å²) in [6, 6.07) is 17.3. The quantitative estimate of drug-likeness (QED) is 0.538. The minimum Gasteiger partial charge on any atom is -0.493 e. The van der Waals surface area contributed by atoms with Gasteiger partial charge in [-0.05, 0) is 24.3 Å². The summed E-state index contributed by atoms with van der Waals surface area (Å²) in [5.41, 5.74) is 0.777. The predicted molar refractivity (Wildman–Crippen MR) is 109 cm³/mol. The molecule has 9 heteroatoms. The zero-order valence-electron chi connectivity index (χ0n) is 15.3. The van der Waals surface area contributed by atoms with Gasteiger partial charge < -0.3 is 9.84 Å². The molecule has 0 fully saturated rings. The normalized spacial score (nSPS) is 11.3. The van der Waals surface area contributed by atoms with E-state index in [1.807, 2.05) is 6.07 Å². The topological polar surface area (TPSA) is 106 Å². The number of hydrogen-bond donors (Lipinski definition) is 1. The fraction of sp³-hybridized carbons (Fsp3) is 0.0500. The van der Waals surface area contributed by atoms with E-state index in [4.69, 9.17) is 4.74 Å². The van der Waals surface area contributed by atoms with Crippen LogP contribution in [-0.2, 0) is 10.0 Å². The number of sulfonamides is 1. The summed E-state index contributed by atoms with van der Waals surface area (Å²) < 4.78 is 31.8. The van der Waals surface area contributed by atoms with E-state index in [1.54, 1.807) is 54.6 Å². The summed E-state index contributed by atoms with van der Waals surface area (Å²) in [5.74, 6) is 0.0836. The summed E-state index contributed by atoms with van der Waals surface area (Å²) in [5, 5.41) is 10.7. The van der Waals surface area contributed by atoms with Gasteiger partial charge in [-0.15, -0.1) is 0 Å². The Morgan fingerprint density at radius 2 is 1.59 bits per heavy atom. The first-order valence-corrected chi connectivity index (χ1v) is 10.4. The third kappa shape index (κ3) is 3.81. The minimum absolute atomic E-state index is 0.0780. The largest absolute Gasteiger partial charge is 0.493 e. The van der Waals surface area contributed by atoms with Crippen molar-refractivity contribution in [3.8, 4) is 17.6 Å². The molecule has 0 atom stereocenters. The van der Waals surface area contributed by atoms with Crippen LogP contribution in [0.15, 0.2) is 73.1 Å². The Labute approximate surface area is 167 Å². The number of aromatic hydroxyl groups is 1. The molecule has 2 aromatic heterocycles. The van der Waals surface area contributed by atoms with Gasteiger partial charge in [-0.25, -0.2) is 12.7 Å². The molecule has 2 heterocycles. The van der Waals surface area contributed by atoms with Gasteiger partial charge in [-0.1, -0.05) is 36.4 Å². The third-order valence-corrected chi connectivity index (χ3v) is 5.11. The molecule has 0 aliphatic rings. The monoisotopic (exact) mass is 408 g/mol. The number of ether oxygens (including phenoxy) is 1. The lowest BCUT2D eigenvalue weighted by atomic mass is 10.2. The summed E-state index contributed by atoms with van der Waals surface area (Å²) >= 11 is 0. The van der Waals surface area contributed by atoms with Crippen LogP contribution in [0.5, 0.6) is 17.6 Å². The highest BCUT2D eigenvalue weighted by atomic mass is 32.2. The summed E-state index contributed by atoms with van der Waals surface area (Å²) in [6.07, 6.45) is 3.82. The fourth-order valence-electron chi connectivity index (χ4n) is 2.89. The Bertz CT molecular complexity index is 1270. The molecule has 0 amide bonds. The van der Waals surface area contributed by atoms with Crippen molar-refractivity contribution in [1.82, 2.24) is 15.0 Å². The maximum atomic E-state index is 12.5. The van der Waals surface area contributed by atoms with Crippen molar-refractivity contribution in [2.24, 2.45) is 0 Å². The zero-order valence-corrected chi connectivity index (χ0v) is 16.1. The van der Waals surface area contributed by atoms with E-state index in [0.29, 0.717) is 11.4 Å². The summed E-state index contributed by atoms with van der Waals surface area (Å²) in [6.45, 7) is 0. The van der Waals surface area contributed by atoms with Gasteiger partial charge in [0.25, 0.3) is 0 Å². The van der Waals surface area contributed by atoms with E-state index in [2.05, 4.69) is 15.0 Å². The van der Waals surface area contributed by atoms with Crippen molar-refractivity contribution in [2.45, 2.75) is 0 Å². The molecular weight excluding hydrogens is 392 g/mol. The van der Waals surface area contributed by atoms with Crippen LogP contribution in [-0.4, -0.2) is 34.7 Å². The number of para-hydroxylation sites is 2. The van der Waals surface area contributed by atoms with E-state index >= 15 is 0 Å². The first kappa shape index (κ1) is 18.6. The van der Waals surface area contributed by atoms with Crippen molar-refractivity contribution < 1.29 is 18.3 Å². The van der Waals surface area contributed by atoms with Gasteiger partial charge in [-0.3, -0.25) is 4.98 Å². The maximum Gasteiger partial charge on any atom is 0.325 e. The average Bonchev–Trinajstić information content (AvgIpc) is 2.68. The van der Waals surface area contributed by atoms with Crippen LogP contribution in [0.3, 0.4) is 0 Å². The Balaban J connectivity index is 1.87. The number of fused-ring (bicyclic) bond motifs is 1. The minimum atomic E-state index is -3.74. The zero-order chi connectivity index (χ0) is 20.4. The van der Waals surface area contributed by atoms with E-state index in [-0.39, 0.29) is 22.6 Å². The molecule has 2 aromatic carbocycles. The molecule has 1 N–H and O–H groups in total. The average molecular weight is 408 g/mol. The van der Waals surface area contributed by atoms with E-state index in [9.17, 15) is 13.5 Å². The highest BCUT2D eigenvalue weighted by Crippen LogP contribution is 2.37. The van der Waals surface area contributed by atoms with E-state index in [1.165, 1.54) is 12.4 Å². The molecule has 0 unspecified atom stereocenters. The number of benzene rings is 2. The highest BCUT2D eigenvalue weighted by molar-refractivity contribution is 7.92. The second-order valence-corrected chi connectivity index (χ2v) is 7.99. The molecule has 0 radical (unpaired) electrons. The number of rotatable bonds is 5. The predicted octanol–water partition coefficient (Wildman–Crippen LogP) is 3.62. The first-order valence-electron chi connectivity index (χ1n) is 8.56. The Morgan fingerprint density at radius 1 is 0.931 bits per heavy atom.